The molecule has 2 N–H and O–H groups in total. The smallest absolute Gasteiger partial charge is 0.170 e. The molecule has 0 aromatic heterocycles. The zero-order valence-electron chi connectivity index (χ0n) is 35.8. The maximum Gasteiger partial charge on any atom is 0.170 e. The van der Waals surface area contributed by atoms with Gasteiger partial charge in [-0.1, -0.05) is 55.4 Å². The minimum atomic E-state index is -1.01. The molecule has 8 fully saturated rings. The Morgan fingerprint density at radius 1 is 0.925 bits per heavy atom. The Kier molecular flexibility index (Phi) is 9.38. The van der Waals surface area contributed by atoms with Gasteiger partial charge in [0.1, 0.15) is 6.10 Å². The molecule has 8 rings (SSSR count). The number of aliphatic hydroxyl groups excluding tert-OH is 1. The SMILES string of the molecule is CCO[C@@H](C1C[C@@H](C)[C@H]2C(O1)[C@H](O)[C@@]1(C)C3CC[C@H]4C(C)(C)[C@@H](O[C@H]5CN(C6(C)CN(CC(C)(C)C)C6)CCO5)CCC45CC35CC[C@]21C)C(C)(C)O. The highest BCUT2D eigenvalue weighted by molar-refractivity contribution is 5.33. The van der Waals surface area contributed by atoms with Gasteiger partial charge in [-0.05, 0) is 130 Å². The lowest BCUT2D eigenvalue weighted by Crippen LogP contribution is -2.71. The zero-order chi connectivity index (χ0) is 38.4. The van der Waals surface area contributed by atoms with Crippen LogP contribution in [0.25, 0.3) is 0 Å². The molecule has 0 bridgehead atoms. The van der Waals surface area contributed by atoms with Gasteiger partial charge >= 0.3 is 0 Å². The van der Waals surface area contributed by atoms with Crippen LogP contribution in [0, 0.1) is 56.2 Å². The van der Waals surface area contributed by atoms with Crippen LogP contribution in [0.3, 0.4) is 0 Å². The Bertz CT molecular complexity index is 1390. The minimum Gasteiger partial charge on any atom is -0.390 e. The molecule has 8 nitrogen and oxygen atoms in total. The van der Waals surface area contributed by atoms with Gasteiger partial charge in [-0.15, -0.1) is 0 Å². The van der Waals surface area contributed by atoms with Gasteiger partial charge in [0.25, 0.3) is 0 Å². The number of fused-ring (bicyclic) bond motifs is 4. The van der Waals surface area contributed by atoms with Crippen LogP contribution >= 0.6 is 0 Å². The van der Waals surface area contributed by atoms with E-state index >= 15 is 0 Å². The molecule has 0 amide bonds. The third-order valence-corrected chi connectivity index (χ3v) is 18.1. The van der Waals surface area contributed by atoms with Crippen molar-refractivity contribution >= 4 is 0 Å². The maximum atomic E-state index is 12.7. The number of ether oxygens (including phenoxy) is 4. The molecule has 5 saturated carbocycles. The largest absolute Gasteiger partial charge is 0.390 e. The molecule has 3 heterocycles. The van der Waals surface area contributed by atoms with E-state index in [2.05, 4.69) is 72.1 Å². The molecule has 304 valence electrons. The van der Waals surface area contributed by atoms with Gasteiger partial charge < -0.3 is 29.2 Å². The number of nitrogens with zero attached hydrogens (tertiary/aromatic N) is 2. The van der Waals surface area contributed by atoms with E-state index in [1.165, 1.54) is 38.5 Å². The summed E-state index contributed by atoms with van der Waals surface area (Å²) in [7, 11) is 0. The molecule has 14 atom stereocenters. The first-order valence-electron chi connectivity index (χ1n) is 22.0. The van der Waals surface area contributed by atoms with Crippen LogP contribution in [0.15, 0.2) is 0 Å². The molecule has 0 aromatic carbocycles. The average molecular weight is 743 g/mol. The van der Waals surface area contributed by atoms with Crippen molar-refractivity contribution in [1.82, 2.24) is 9.80 Å². The molecule has 0 aromatic rings. The number of rotatable bonds is 8. The lowest BCUT2D eigenvalue weighted by molar-refractivity contribution is -0.259. The zero-order valence-corrected chi connectivity index (χ0v) is 35.8. The van der Waals surface area contributed by atoms with Crippen molar-refractivity contribution in [3.05, 3.63) is 0 Å². The van der Waals surface area contributed by atoms with Gasteiger partial charge in [-0.2, -0.15) is 0 Å². The Hall–Kier alpha value is -0.320. The van der Waals surface area contributed by atoms with Gasteiger partial charge in [0.2, 0.25) is 0 Å². The van der Waals surface area contributed by atoms with E-state index in [-0.39, 0.29) is 46.4 Å². The molecule has 53 heavy (non-hydrogen) atoms. The van der Waals surface area contributed by atoms with Crippen molar-refractivity contribution in [3.63, 3.8) is 0 Å². The van der Waals surface area contributed by atoms with Crippen LogP contribution in [0.1, 0.15) is 134 Å². The van der Waals surface area contributed by atoms with Crippen LogP contribution in [0.2, 0.25) is 0 Å². The average Bonchev–Trinajstić information content (AvgIpc) is 3.67. The Balaban J connectivity index is 0.972. The van der Waals surface area contributed by atoms with Gasteiger partial charge in [0, 0.05) is 43.7 Å². The summed E-state index contributed by atoms with van der Waals surface area (Å²) < 4.78 is 26.6. The van der Waals surface area contributed by atoms with E-state index in [0.29, 0.717) is 46.5 Å². The summed E-state index contributed by atoms with van der Waals surface area (Å²) in [5.74, 6) is 1.84. The van der Waals surface area contributed by atoms with Crippen molar-refractivity contribution in [2.24, 2.45) is 56.2 Å². The molecule has 8 aliphatic rings. The predicted molar refractivity (Wildman–Crippen MR) is 208 cm³/mol. The molecule has 8 heteroatoms. The topological polar surface area (TPSA) is 83.9 Å². The number of morpholine rings is 1. The number of hydrogen-bond donors (Lipinski definition) is 2. The van der Waals surface area contributed by atoms with Crippen LogP contribution < -0.4 is 0 Å². The van der Waals surface area contributed by atoms with E-state index in [1.54, 1.807) is 0 Å². The van der Waals surface area contributed by atoms with E-state index in [9.17, 15) is 10.2 Å². The van der Waals surface area contributed by atoms with E-state index < -0.39 is 17.8 Å². The molecule has 0 radical (unpaired) electrons. The number of likely N-dealkylation sites (tertiary alicyclic amines) is 1. The van der Waals surface area contributed by atoms with Crippen LogP contribution in [-0.2, 0) is 18.9 Å². The van der Waals surface area contributed by atoms with Gasteiger partial charge in [0.15, 0.2) is 6.29 Å². The fraction of sp³-hybridized carbons (Fsp3) is 1.00. The molecule has 3 saturated heterocycles. The third kappa shape index (κ3) is 5.69. The van der Waals surface area contributed by atoms with Crippen molar-refractivity contribution < 1.29 is 29.2 Å². The summed E-state index contributed by atoms with van der Waals surface area (Å²) >= 11 is 0. The summed E-state index contributed by atoms with van der Waals surface area (Å²) in [5, 5.41) is 23.8. The molecule has 2 spiro atoms. The van der Waals surface area contributed by atoms with E-state index in [4.69, 9.17) is 18.9 Å². The number of hydrogen-bond acceptors (Lipinski definition) is 8. The summed E-state index contributed by atoms with van der Waals surface area (Å²) in [6.07, 6.45) is 8.07. The minimum absolute atomic E-state index is 0.0186. The van der Waals surface area contributed by atoms with Crippen LogP contribution in [0.4, 0.5) is 0 Å². The van der Waals surface area contributed by atoms with Crippen LogP contribution in [0.5, 0.6) is 0 Å². The standard InChI is InChI=1S/C45H78N2O6/c1-13-50-37(40(8,9)49)29-22-28(2)34-35(52-29)36(48)43(12)31-15-14-30-39(6,7)32(16-17-44(30)24-45(31,44)19-18-42(34,43)11)53-33-23-47(20-21-51-33)41(10)26-46(27-41)25-38(3,4)5/h28-37,48-49H,13-27H2,1-12H3/t28-,29?,30+,31?,32+,33+,34+,35?,36+,37+,42-,43-,44?,45?/m1/s1. The quantitative estimate of drug-likeness (QED) is 0.272. The van der Waals surface area contributed by atoms with Crippen molar-refractivity contribution in [3.8, 4) is 0 Å². The van der Waals surface area contributed by atoms with Gasteiger partial charge in [-0.25, -0.2) is 0 Å². The molecular formula is C45H78N2O6. The Morgan fingerprint density at radius 3 is 2.26 bits per heavy atom. The molecule has 3 aliphatic heterocycles. The maximum absolute atomic E-state index is 12.7. The van der Waals surface area contributed by atoms with Crippen molar-refractivity contribution in [1.29, 1.82) is 0 Å². The molecule has 5 aliphatic carbocycles. The van der Waals surface area contributed by atoms with E-state index in [0.717, 1.165) is 52.2 Å². The highest BCUT2D eigenvalue weighted by Crippen LogP contribution is 2.89. The van der Waals surface area contributed by atoms with Crippen molar-refractivity contribution in [2.75, 3.05) is 45.9 Å². The fourth-order valence-corrected chi connectivity index (χ4v) is 16.0. The first-order chi connectivity index (χ1) is 24.6. The highest BCUT2D eigenvalue weighted by Gasteiger charge is 2.84. The number of aliphatic hydroxyl groups is 2. The second-order valence-electron chi connectivity index (χ2n) is 23.2. The molecular weight excluding hydrogens is 665 g/mol. The second-order valence-corrected chi connectivity index (χ2v) is 23.2. The lowest BCUT2D eigenvalue weighted by atomic mass is 9.41. The summed E-state index contributed by atoms with van der Waals surface area (Å²) in [6, 6.07) is 0. The van der Waals surface area contributed by atoms with Crippen LogP contribution in [-0.4, -0.2) is 114 Å². The molecule has 5 unspecified atom stereocenters. The van der Waals surface area contributed by atoms with Crippen molar-refractivity contribution in [2.45, 2.75) is 182 Å². The second kappa shape index (κ2) is 12.6. The normalized spacial score (nSPS) is 49.8. The predicted octanol–water partition coefficient (Wildman–Crippen LogP) is 7.14. The fourth-order valence-electron chi connectivity index (χ4n) is 16.0. The highest BCUT2D eigenvalue weighted by atomic mass is 16.7. The summed E-state index contributed by atoms with van der Waals surface area (Å²) in [6.45, 7) is 34.1. The Morgan fingerprint density at radius 2 is 1.60 bits per heavy atom. The summed E-state index contributed by atoms with van der Waals surface area (Å²) in [4.78, 5) is 5.28. The first kappa shape index (κ1) is 39.5. The first-order valence-corrected chi connectivity index (χ1v) is 22.0. The monoisotopic (exact) mass is 743 g/mol. The third-order valence-electron chi connectivity index (χ3n) is 18.1. The van der Waals surface area contributed by atoms with Gasteiger partial charge in [-0.3, -0.25) is 9.80 Å². The summed E-state index contributed by atoms with van der Waals surface area (Å²) in [5.41, 5.74) is 0.0651. The van der Waals surface area contributed by atoms with Gasteiger partial charge in [0.05, 0.1) is 43.2 Å². The Labute approximate surface area is 322 Å². The van der Waals surface area contributed by atoms with E-state index in [1.807, 2.05) is 20.8 Å². The lowest BCUT2D eigenvalue weighted by Gasteiger charge is -2.64.